The molecule has 2 aliphatic rings. The zero-order valence-electron chi connectivity index (χ0n) is 17.6. The van der Waals surface area contributed by atoms with E-state index < -0.39 is 0 Å². The lowest BCUT2D eigenvalue weighted by Crippen LogP contribution is -2.52. The third-order valence-corrected chi connectivity index (χ3v) is 6.08. The van der Waals surface area contributed by atoms with Crippen LogP contribution >= 0.6 is 0 Å². The number of para-hydroxylation sites is 1. The number of hydrogen-bond donors (Lipinski definition) is 1. The van der Waals surface area contributed by atoms with E-state index in [1.807, 2.05) is 34.1 Å². The number of rotatable bonds is 6. The number of carbonyl (C=O) groups excluding carboxylic acids is 2. The number of carbonyl (C=O) groups is 2. The van der Waals surface area contributed by atoms with E-state index in [-0.39, 0.29) is 11.9 Å². The molecule has 1 aromatic carbocycles. The van der Waals surface area contributed by atoms with Gasteiger partial charge in [-0.15, -0.1) is 0 Å². The first kappa shape index (κ1) is 21.4. The van der Waals surface area contributed by atoms with Gasteiger partial charge in [0, 0.05) is 44.7 Å². The van der Waals surface area contributed by atoms with Crippen molar-refractivity contribution in [3.63, 3.8) is 0 Å². The van der Waals surface area contributed by atoms with Gasteiger partial charge in [-0.25, -0.2) is 4.79 Å². The summed E-state index contributed by atoms with van der Waals surface area (Å²) in [4.78, 5) is 29.2. The molecule has 2 fully saturated rings. The molecule has 3 amide bonds. The Kier molecular flexibility index (Phi) is 7.75. The van der Waals surface area contributed by atoms with E-state index in [0.29, 0.717) is 51.1 Å². The standard InChI is InChI=1S/C22H33N3O4/c1-3-17-16-25(22(27)24-10-12-29-13-11-24)9-8-18(17)14-21(26)23-15-19-6-4-5-7-20(19)28-2/h4-7,17-18H,3,8-16H2,1-2H3,(H,23,26). The van der Waals surface area contributed by atoms with Crippen LogP contribution in [0.5, 0.6) is 5.75 Å². The highest BCUT2D eigenvalue weighted by Gasteiger charge is 2.33. The second-order valence-corrected chi connectivity index (χ2v) is 7.84. The van der Waals surface area contributed by atoms with Crippen molar-refractivity contribution in [1.82, 2.24) is 15.1 Å². The number of nitrogens with zero attached hydrogens (tertiary/aromatic N) is 2. The second-order valence-electron chi connectivity index (χ2n) is 7.84. The summed E-state index contributed by atoms with van der Waals surface area (Å²) >= 11 is 0. The molecule has 7 heteroatoms. The number of hydrogen-bond acceptors (Lipinski definition) is 4. The first-order valence-corrected chi connectivity index (χ1v) is 10.6. The fraction of sp³-hybridized carbons (Fsp3) is 0.636. The molecule has 0 aliphatic carbocycles. The van der Waals surface area contributed by atoms with Gasteiger partial charge in [0.2, 0.25) is 5.91 Å². The number of ether oxygens (including phenoxy) is 2. The summed E-state index contributed by atoms with van der Waals surface area (Å²) in [6.45, 7) is 6.63. The SMILES string of the molecule is CCC1CN(C(=O)N2CCOCC2)CCC1CC(=O)NCc1ccccc1OC. The maximum atomic E-state index is 12.8. The molecule has 0 bridgehead atoms. The molecule has 0 aromatic heterocycles. The fourth-order valence-electron chi connectivity index (χ4n) is 4.29. The number of piperidine rings is 1. The van der Waals surface area contributed by atoms with Crippen molar-refractivity contribution >= 4 is 11.9 Å². The van der Waals surface area contributed by atoms with Crippen LogP contribution in [0.4, 0.5) is 4.79 Å². The predicted molar refractivity (Wildman–Crippen MR) is 111 cm³/mol. The first-order chi connectivity index (χ1) is 14.1. The van der Waals surface area contributed by atoms with Crippen LogP contribution in [0.2, 0.25) is 0 Å². The van der Waals surface area contributed by atoms with Crippen LogP contribution in [0, 0.1) is 11.8 Å². The van der Waals surface area contributed by atoms with Gasteiger partial charge < -0.3 is 24.6 Å². The monoisotopic (exact) mass is 403 g/mol. The van der Waals surface area contributed by atoms with Crippen LogP contribution < -0.4 is 10.1 Å². The molecule has 1 aromatic rings. The number of urea groups is 1. The highest BCUT2D eigenvalue weighted by Crippen LogP contribution is 2.29. The number of likely N-dealkylation sites (tertiary alicyclic amines) is 1. The molecule has 3 rings (SSSR count). The van der Waals surface area contributed by atoms with Crippen molar-refractivity contribution < 1.29 is 19.1 Å². The Hall–Kier alpha value is -2.28. The van der Waals surface area contributed by atoms with Gasteiger partial charge >= 0.3 is 6.03 Å². The highest BCUT2D eigenvalue weighted by atomic mass is 16.5. The second kappa shape index (κ2) is 10.5. The van der Waals surface area contributed by atoms with Crippen LogP contribution in [-0.2, 0) is 16.1 Å². The number of nitrogens with one attached hydrogen (secondary N) is 1. The maximum absolute atomic E-state index is 12.8. The lowest BCUT2D eigenvalue weighted by molar-refractivity contribution is -0.123. The van der Waals surface area contributed by atoms with E-state index in [0.717, 1.165) is 37.2 Å². The Morgan fingerprint density at radius 2 is 1.90 bits per heavy atom. The zero-order valence-corrected chi connectivity index (χ0v) is 17.6. The van der Waals surface area contributed by atoms with Gasteiger partial charge in [0.1, 0.15) is 5.75 Å². The molecule has 0 radical (unpaired) electrons. The van der Waals surface area contributed by atoms with Crippen LogP contribution in [0.1, 0.15) is 31.7 Å². The maximum Gasteiger partial charge on any atom is 0.320 e. The first-order valence-electron chi connectivity index (χ1n) is 10.6. The summed E-state index contributed by atoms with van der Waals surface area (Å²) in [5, 5.41) is 3.03. The van der Waals surface area contributed by atoms with Gasteiger partial charge in [-0.1, -0.05) is 31.5 Å². The summed E-state index contributed by atoms with van der Waals surface area (Å²) in [6, 6.07) is 7.84. The van der Waals surface area contributed by atoms with E-state index in [1.165, 1.54) is 0 Å². The van der Waals surface area contributed by atoms with Gasteiger partial charge in [-0.2, -0.15) is 0 Å². The third-order valence-electron chi connectivity index (χ3n) is 6.08. The Balaban J connectivity index is 1.49. The molecule has 2 aliphatic heterocycles. The minimum Gasteiger partial charge on any atom is -0.496 e. The molecule has 29 heavy (non-hydrogen) atoms. The van der Waals surface area contributed by atoms with E-state index in [2.05, 4.69) is 12.2 Å². The van der Waals surface area contributed by atoms with Crippen molar-refractivity contribution in [1.29, 1.82) is 0 Å². The largest absolute Gasteiger partial charge is 0.496 e. The quantitative estimate of drug-likeness (QED) is 0.792. The van der Waals surface area contributed by atoms with Gasteiger partial charge in [-0.3, -0.25) is 4.79 Å². The van der Waals surface area contributed by atoms with Crippen molar-refractivity contribution in [3.8, 4) is 5.75 Å². The Morgan fingerprint density at radius 1 is 1.14 bits per heavy atom. The van der Waals surface area contributed by atoms with E-state index in [9.17, 15) is 9.59 Å². The number of benzene rings is 1. The highest BCUT2D eigenvalue weighted by molar-refractivity contribution is 5.77. The molecular weight excluding hydrogens is 370 g/mol. The Morgan fingerprint density at radius 3 is 2.62 bits per heavy atom. The lowest BCUT2D eigenvalue weighted by Gasteiger charge is -2.41. The van der Waals surface area contributed by atoms with Gasteiger partial charge in [0.25, 0.3) is 0 Å². The molecule has 2 atom stereocenters. The average molecular weight is 404 g/mol. The van der Waals surface area contributed by atoms with Crippen LogP contribution in [0.3, 0.4) is 0 Å². The molecule has 160 valence electrons. The smallest absolute Gasteiger partial charge is 0.320 e. The number of methoxy groups -OCH3 is 1. The molecule has 0 spiro atoms. The zero-order chi connectivity index (χ0) is 20.6. The molecule has 1 N–H and O–H groups in total. The van der Waals surface area contributed by atoms with Crippen molar-refractivity contribution in [2.45, 2.75) is 32.7 Å². The summed E-state index contributed by atoms with van der Waals surface area (Å²) in [5.41, 5.74) is 0.973. The molecular formula is C22H33N3O4. The topological polar surface area (TPSA) is 71.1 Å². The average Bonchev–Trinajstić information content (AvgIpc) is 2.78. The Bertz CT molecular complexity index is 690. The van der Waals surface area contributed by atoms with Gasteiger partial charge in [-0.05, 0) is 24.3 Å². The molecule has 2 unspecified atom stereocenters. The minimum absolute atomic E-state index is 0.0623. The van der Waals surface area contributed by atoms with Crippen LogP contribution in [0.15, 0.2) is 24.3 Å². The molecule has 7 nitrogen and oxygen atoms in total. The third kappa shape index (κ3) is 5.63. The number of morpholine rings is 1. The van der Waals surface area contributed by atoms with Gasteiger partial charge in [0.05, 0.1) is 20.3 Å². The van der Waals surface area contributed by atoms with Crippen molar-refractivity contribution in [2.24, 2.45) is 11.8 Å². The lowest BCUT2D eigenvalue weighted by atomic mass is 9.81. The van der Waals surface area contributed by atoms with E-state index >= 15 is 0 Å². The van der Waals surface area contributed by atoms with Crippen molar-refractivity contribution in [3.05, 3.63) is 29.8 Å². The Labute approximate surface area is 173 Å². The normalized spacial score (nSPS) is 22.3. The van der Waals surface area contributed by atoms with Crippen LogP contribution in [0.25, 0.3) is 0 Å². The summed E-state index contributed by atoms with van der Waals surface area (Å²) in [5.74, 6) is 1.51. The molecule has 0 saturated carbocycles. The molecule has 2 heterocycles. The van der Waals surface area contributed by atoms with Crippen LogP contribution in [-0.4, -0.2) is 68.2 Å². The van der Waals surface area contributed by atoms with Crippen molar-refractivity contribution in [2.75, 3.05) is 46.5 Å². The minimum atomic E-state index is 0.0623. The fourth-order valence-corrected chi connectivity index (χ4v) is 4.29. The molecule has 2 saturated heterocycles. The summed E-state index contributed by atoms with van der Waals surface area (Å²) < 4.78 is 10.7. The summed E-state index contributed by atoms with van der Waals surface area (Å²) in [6.07, 6.45) is 2.35. The van der Waals surface area contributed by atoms with E-state index in [1.54, 1.807) is 7.11 Å². The summed E-state index contributed by atoms with van der Waals surface area (Å²) in [7, 11) is 1.64. The number of amides is 3. The van der Waals surface area contributed by atoms with E-state index in [4.69, 9.17) is 9.47 Å². The predicted octanol–water partition coefficient (Wildman–Crippen LogP) is 2.50. The van der Waals surface area contributed by atoms with Gasteiger partial charge in [0.15, 0.2) is 0 Å².